The lowest BCUT2D eigenvalue weighted by Gasteiger charge is -2.17. The van der Waals surface area contributed by atoms with Crippen molar-refractivity contribution >= 4 is 29.0 Å². The minimum atomic E-state index is -0.146. The molecule has 0 radical (unpaired) electrons. The summed E-state index contributed by atoms with van der Waals surface area (Å²) in [5, 5.41) is 9.50. The Morgan fingerprint density at radius 3 is 2.69 bits per heavy atom. The number of anilines is 2. The summed E-state index contributed by atoms with van der Waals surface area (Å²) in [6.45, 7) is 3.75. The molecule has 6 heteroatoms. The number of benzene rings is 2. The summed E-state index contributed by atoms with van der Waals surface area (Å²) in [4.78, 5) is 29.7. The Balaban J connectivity index is 1.32. The minimum Gasteiger partial charge on any atom is -0.356 e. The maximum Gasteiger partial charge on any atom is 0.257 e. The summed E-state index contributed by atoms with van der Waals surface area (Å²) < 4.78 is 0. The summed E-state index contributed by atoms with van der Waals surface area (Å²) in [6, 6.07) is 13.6. The molecule has 1 amide bonds. The number of aliphatic imine (C=N–C) groups is 1. The van der Waals surface area contributed by atoms with Gasteiger partial charge in [0.2, 0.25) is 0 Å². The standard InChI is InChI=1S/C26H30N4O2/c1-26(10-11-26)16-23(31)18-4-2-5-20(14-18)29-22-9-8-19(15-21(22)17-6-7-17)24(32)30-25-27-12-3-13-28-25/h2,4-5,8-9,14-15,17,29H,3,6-7,10-13,16H2,1H3,(H2,27,28,30,32). The number of carbonyl (C=O) groups excluding carboxylic acids is 2. The number of guanidine groups is 1. The van der Waals surface area contributed by atoms with Gasteiger partial charge < -0.3 is 10.6 Å². The van der Waals surface area contributed by atoms with Crippen LogP contribution < -0.4 is 16.0 Å². The second-order valence-electron chi connectivity index (χ2n) is 9.66. The molecular formula is C26H30N4O2. The van der Waals surface area contributed by atoms with Crippen molar-refractivity contribution in [2.45, 2.75) is 51.4 Å². The van der Waals surface area contributed by atoms with Crippen molar-refractivity contribution in [1.82, 2.24) is 10.6 Å². The average molecular weight is 431 g/mol. The largest absolute Gasteiger partial charge is 0.356 e. The maximum atomic E-state index is 12.7. The van der Waals surface area contributed by atoms with E-state index >= 15 is 0 Å². The molecule has 2 aromatic carbocycles. The molecule has 2 saturated carbocycles. The molecule has 2 aromatic rings. The number of ketones is 1. The molecule has 0 spiro atoms. The molecule has 1 heterocycles. The molecule has 2 fully saturated rings. The van der Waals surface area contributed by atoms with Crippen molar-refractivity contribution in [3.8, 4) is 0 Å². The van der Waals surface area contributed by atoms with Crippen molar-refractivity contribution < 1.29 is 9.59 Å². The van der Waals surface area contributed by atoms with Crippen molar-refractivity contribution in [2.24, 2.45) is 10.4 Å². The van der Waals surface area contributed by atoms with Gasteiger partial charge in [-0.3, -0.25) is 19.9 Å². The molecule has 1 aliphatic heterocycles. The van der Waals surface area contributed by atoms with Gasteiger partial charge in [0.05, 0.1) is 0 Å². The monoisotopic (exact) mass is 430 g/mol. The van der Waals surface area contributed by atoms with Gasteiger partial charge in [-0.2, -0.15) is 0 Å². The van der Waals surface area contributed by atoms with Crippen LogP contribution >= 0.6 is 0 Å². The van der Waals surface area contributed by atoms with Gasteiger partial charge in [-0.25, -0.2) is 0 Å². The second kappa shape index (κ2) is 8.41. The van der Waals surface area contributed by atoms with E-state index in [1.54, 1.807) is 0 Å². The van der Waals surface area contributed by atoms with Gasteiger partial charge >= 0.3 is 0 Å². The number of Topliss-reactive ketones (excluding diaryl/α,β-unsaturated/α-hetero) is 1. The molecule has 0 aromatic heterocycles. The maximum absolute atomic E-state index is 12.7. The molecular weight excluding hydrogens is 400 g/mol. The van der Waals surface area contributed by atoms with Crippen LogP contribution in [0.15, 0.2) is 47.5 Å². The summed E-state index contributed by atoms with van der Waals surface area (Å²) in [5.41, 5.74) is 4.64. The number of rotatable bonds is 7. The summed E-state index contributed by atoms with van der Waals surface area (Å²) in [6.07, 6.45) is 6.15. The molecule has 6 nitrogen and oxygen atoms in total. The summed E-state index contributed by atoms with van der Waals surface area (Å²) in [5.74, 6) is 1.09. The molecule has 2 aliphatic carbocycles. The third-order valence-corrected chi connectivity index (χ3v) is 6.61. The zero-order valence-corrected chi connectivity index (χ0v) is 18.5. The number of carbonyl (C=O) groups is 2. The average Bonchev–Trinajstić information content (AvgIpc) is 3.73. The van der Waals surface area contributed by atoms with Crippen LogP contribution in [0.3, 0.4) is 0 Å². The van der Waals surface area contributed by atoms with Gasteiger partial charge in [0, 0.05) is 42.0 Å². The third-order valence-electron chi connectivity index (χ3n) is 6.61. The van der Waals surface area contributed by atoms with E-state index in [2.05, 4.69) is 27.9 Å². The van der Waals surface area contributed by atoms with Crippen LogP contribution in [-0.2, 0) is 0 Å². The fourth-order valence-electron chi connectivity index (χ4n) is 4.15. The highest BCUT2D eigenvalue weighted by Gasteiger charge is 2.39. The van der Waals surface area contributed by atoms with Crippen LogP contribution in [0.2, 0.25) is 0 Å². The first kappa shape index (κ1) is 20.7. The first-order valence-electron chi connectivity index (χ1n) is 11.6. The number of hydrogen-bond acceptors (Lipinski definition) is 5. The normalized spacial score (nSPS) is 18.8. The number of nitrogens with zero attached hydrogens (tertiary/aromatic N) is 1. The lowest BCUT2D eigenvalue weighted by molar-refractivity contribution is 0.0955. The quantitative estimate of drug-likeness (QED) is 0.553. The molecule has 3 aliphatic rings. The highest BCUT2D eigenvalue weighted by Crippen LogP contribution is 2.49. The van der Waals surface area contributed by atoms with Crippen LogP contribution in [0.1, 0.15) is 77.6 Å². The molecule has 32 heavy (non-hydrogen) atoms. The van der Waals surface area contributed by atoms with Crippen LogP contribution in [0.5, 0.6) is 0 Å². The van der Waals surface area contributed by atoms with E-state index in [0.29, 0.717) is 23.9 Å². The van der Waals surface area contributed by atoms with E-state index in [1.807, 2.05) is 42.5 Å². The minimum absolute atomic E-state index is 0.146. The third kappa shape index (κ3) is 4.85. The molecule has 0 saturated heterocycles. The van der Waals surface area contributed by atoms with Gasteiger partial charge in [0.1, 0.15) is 0 Å². The Kier molecular flexibility index (Phi) is 5.45. The van der Waals surface area contributed by atoms with E-state index in [4.69, 9.17) is 0 Å². The predicted octanol–water partition coefficient (Wildman–Crippen LogP) is 4.76. The van der Waals surface area contributed by atoms with Gasteiger partial charge in [-0.15, -0.1) is 0 Å². The van der Waals surface area contributed by atoms with Gasteiger partial charge in [0.15, 0.2) is 11.7 Å². The second-order valence-corrected chi connectivity index (χ2v) is 9.66. The highest BCUT2D eigenvalue weighted by atomic mass is 16.2. The molecule has 166 valence electrons. The van der Waals surface area contributed by atoms with E-state index in [1.165, 1.54) is 0 Å². The number of amides is 1. The Morgan fingerprint density at radius 2 is 1.97 bits per heavy atom. The zero-order chi connectivity index (χ0) is 22.1. The van der Waals surface area contributed by atoms with Crippen LogP contribution in [0.25, 0.3) is 0 Å². The van der Waals surface area contributed by atoms with Crippen molar-refractivity contribution in [3.63, 3.8) is 0 Å². The van der Waals surface area contributed by atoms with Gasteiger partial charge in [-0.1, -0.05) is 19.1 Å². The fraction of sp³-hybridized carbons (Fsp3) is 0.423. The zero-order valence-electron chi connectivity index (χ0n) is 18.5. The van der Waals surface area contributed by atoms with Gasteiger partial charge in [-0.05, 0) is 79.3 Å². The van der Waals surface area contributed by atoms with E-state index in [9.17, 15) is 9.59 Å². The molecule has 5 rings (SSSR count). The van der Waals surface area contributed by atoms with Crippen LogP contribution in [0.4, 0.5) is 11.4 Å². The van der Waals surface area contributed by atoms with E-state index < -0.39 is 0 Å². The fourth-order valence-corrected chi connectivity index (χ4v) is 4.15. The Bertz CT molecular complexity index is 1080. The van der Waals surface area contributed by atoms with Crippen molar-refractivity contribution in [3.05, 3.63) is 59.2 Å². The smallest absolute Gasteiger partial charge is 0.257 e. The van der Waals surface area contributed by atoms with Crippen LogP contribution in [0, 0.1) is 5.41 Å². The van der Waals surface area contributed by atoms with E-state index in [-0.39, 0.29) is 17.1 Å². The molecule has 0 unspecified atom stereocenters. The Labute approximate surface area is 188 Å². The lowest BCUT2D eigenvalue weighted by Crippen LogP contribution is -2.43. The first-order valence-corrected chi connectivity index (χ1v) is 11.6. The summed E-state index contributed by atoms with van der Waals surface area (Å²) in [7, 11) is 0. The van der Waals surface area contributed by atoms with Crippen molar-refractivity contribution in [2.75, 3.05) is 18.4 Å². The summed E-state index contributed by atoms with van der Waals surface area (Å²) >= 11 is 0. The lowest BCUT2D eigenvalue weighted by atomic mass is 9.97. The molecule has 0 bridgehead atoms. The SMILES string of the molecule is CC1(CC(=O)c2cccc(Nc3ccc(C(=O)NC4=NCCCN4)cc3C3CC3)c2)CC1. The topological polar surface area (TPSA) is 82.6 Å². The molecule has 3 N–H and O–H groups in total. The Hall–Kier alpha value is -3.15. The highest BCUT2D eigenvalue weighted by molar-refractivity contribution is 6.06. The van der Waals surface area contributed by atoms with Gasteiger partial charge in [0.25, 0.3) is 5.91 Å². The van der Waals surface area contributed by atoms with Crippen molar-refractivity contribution in [1.29, 1.82) is 0 Å². The number of nitrogens with one attached hydrogen (secondary N) is 3. The van der Waals surface area contributed by atoms with E-state index in [0.717, 1.165) is 67.7 Å². The predicted molar refractivity (Wildman–Crippen MR) is 127 cm³/mol. The van der Waals surface area contributed by atoms with Crippen LogP contribution in [-0.4, -0.2) is 30.7 Å². The molecule has 0 atom stereocenters. The first-order chi connectivity index (χ1) is 15.5. The Morgan fingerprint density at radius 1 is 1.12 bits per heavy atom. The number of hydrogen-bond donors (Lipinski definition) is 3.